The van der Waals surface area contributed by atoms with E-state index in [4.69, 9.17) is 4.74 Å². The molecule has 2 heteroatoms. The Balaban J connectivity index is 1.86. The number of ether oxygens (including phenoxy) is 1. The molecule has 3 rings (SSSR count). The number of hydrogen-bond acceptors (Lipinski definition) is 2. The predicted octanol–water partition coefficient (Wildman–Crippen LogP) is 3.65. The minimum Gasteiger partial charge on any atom is -0.490 e. The van der Waals surface area contributed by atoms with Crippen molar-refractivity contribution in [2.24, 2.45) is 0 Å². The van der Waals surface area contributed by atoms with Crippen LogP contribution in [-0.4, -0.2) is 11.2 Å². The molecule has 104 valence electrons. The van der Waals surface area contributed by atoms with Crippen molar-refractivity contribution >= 4 is 0 Å². The van der Waals surface area contributed by atoms with Crippen LogP contribution in [0.3, 0.4) is 0 Å². The van der Waals surface area contributed by atoms with Gasteiger partial charge in [0.1, 0.15) is 18.0 Å². The molecule has 1 aliphatic rings. The number of hydrogen-bond donors (Lipinski definition) is 1. The monoisotopic (exact) mass is 268 g/mol. The number of benzene rings is 2. The lowest BCUT2D eigenvalue weighted by Gasteiger charge is -2.13. The number of aliphatic hydroxyl groups excluding tert-OH is 1. The fourth-order valence-corrected chi connectivity index (χ4v) is 2.74. The highest BCUT2D eigenvalue weighted by atomic mass is 16.5. The highest BCUT2D eigenvalue weighted by Gasteiger charge is 2.20. The molecule has 0 amide bonds. The first-order valence-electron chi connectivity index (χ1n) is 7.23. The van der Waals surface area contributed by atoms with Crippen LogP contribution in [0.1, 0.15) is 42.2 Å². The number of rotatable bonds is 3. The lowest BCUT2D eigenvalue weighted by Crippen LogP contribution is -2.05. The van der Waals surface area contributed by atoms with Gasteiger partial charge in [0, 0.05) is 6.42 Å². The summed E-state index contributed by atoms with van der Waals surface area (Å²) >= 11 is 0. The molecule has 0 spiro atoms. The molecule has 1 heterocycles. The molecule has 0 saturated carbocycles. The Morgan fingerprint density at radius 1 is 1.15 bits per heavy atom. The second kappa shape index (κ2) is 5.29. The third-order valence-electron chi connectivity index (χ3n) is 3.94. The first-order valence-corrected chi connectivity index (χ1v) is 7.23. The van der Waals surface area contributed by atoms with Gasteiger partial charge in [-0.1, -0.05) is 37.3 Å². The van der Waals surface area contributed by atoms with Gasteiger partial charge in [-0.05, 0) is 47.7 Å². The van der Waals surface area contributed by atoms with Crippen LogP contribution < -0.4 is 4.74 Å². The molecule has 1 aliphatic heterocycles. The third kappa shape index (κ3) is 2.44. The molecule has 2 nitrogen and oxygen atoms in total. The minimum absolute atomic E-state index is 0.237. The van der Waals surface area contributed by atoms with Crippen LogP contribution in [-0.2, 0) is 12.8 Å². The second-order valence-electron chi connectivity index (χ2n) is 5.50. The summed E-state index contributed by atoms with van der Waals surface area (Å²) in [5.74, 6) is 0.954. The normalized spacial score (nSPS) is 18.4. The van der Waals surface area contributed by atoms with E-state index in [0.29, 0.717) is 0 Å². The van der Waals surface area contributed by atoms with Crippen LogP contribution in [0, 0.1) is 0 Å². The summed E-state index contributed by atoms with van der Waals surface area (Å²) in [6.45, 7) is 4.20. The van der Waals surface area contributed by atoms with Gasteiger partial charge in [0.05, 0.1) is 0 Å². The molecule has 2 unspecified atom stereocenters. The third-order valence-corrected chi connectivity index (χ3v) is 3.94. The van der Waals surface area contributed by atoms with Crippen molar-refractivity contribution < 1.29 is 9.84 Å². The van der Waals surface area contributed by atoms with Gasteiger partial charge in [0.2, 0.25) is 0 Å². The standard InChI is InChI=1S/C18H20O2/c1-3-13-4-6-14(7-5-13)18(19)15-8-9-17-16(11-15)10-12(2)20-17/h4-9,11-12,18-19H,3,10H2,1-2H3. The Bertz CT molecular complexity index is 601. The van der Waals surface area contributed by atoms with E-state index in [1.165, 1.54) is 11.1 Å². The maximum Gasteiger partial charge on any atom is 0.123 e. The number of fused-ring (bicyclic) bond motifs is 1. The van der Waals surface area contributed by atoms with Gasteiger partial charge in [-0.15, -0.1) is 0 Å². The van der Waals surface area contributed by atoms with E-state index in [-0.39, 0.29) is 6.10 Å². The summed E-state index contributed by atoms with van der Waals surface area (Å²) in [6, 6.07) is 14.2. The Morgan fingerprint density at radius 3 is 2.55 bits per heavy atom. The first-order chi connectivity index (χ1) is 9.67. The lowest BCUT2D eigenvalue weighted by atomic mass is 9.97. The second-order valence-corrected chi connectivity index (χ2v) is 5.50. The van der Waals surface area contributed by atoms with E-state index < -0.39 is 6.10 Å². The van der Waals surface area contributed by atoms with Crippen molar-refractivity contribution in [3.63, 3.8) is 0 Å². The quantitative estimate of drug-likeness (QED) is 0.920. The lowest BCUT2D eigenvalue weighted by molar-refractivity contribution is 0.220. The molecular weight excluding hydrogens is 248 g/mol. The SMILES string of the molecule is CCc1ccc(C(O)c2ccc3c(c2)CC(C)O3)cc1. The van der Waals surface area contributed by atoms with E-state index in [2.05, 4.69) is 32.0 Å². The molecule has 0 fully saturated rings. The van der Waals surface area contributed by atoms with Gasteiger partial charge in [-0.3, -0.25) is 0 Å². The maximum absolute atomic E-state index is 10.5. The maximum atomic E-state index is 10.5. The van der Waals surface area contributed by atoms with Crippen molar-refractivity contribution in [1.82, 2.24) is 0 Å². The largest absolute Gasteiger partial charge is 0.490 e. The van der Waals surface area contributed by atoms with E-state index in [9.17, 15) is 5.11 Å². The summed E-state index contributed by atoms with van der Waals surface area (Å²) in [7, 11) is 0. The Hall–Kier alpha value is -1.80. The smallest absolute Gasteiger partial charge is 0.123 e. The molecule has 0 aromatic heterocycles. The zero-order chi connectivity index (χ0) is 14.1. The summed E-state index contributed by atoms with van der Waals surface area (Å²) < 4.78 is 5.70. The van der Waals surface area contributed by atoms with Crippen LogP contribution in [0.25, 0.3) is 0 Å². The van der Waals surface area contributed by atoms with E-state index in [1.54, 1.807) is 0 Å². The van der Waals surface area contributed by atoms with Crippen LogP contribution in [0.4, 0.5) is 0 Å². The van der Waals surface area contributed by atoms with Crippen molar-refractivity contribution in [2.45, 2.75) is 38.9 Å². The van der Waals surface area contributed by atoms with E-state index in [1.807, 2.05) is 24.3 Å². The average molecular weight is 268 g/mol. The fraction of sp³-hybridized carbons (Fsp3) is 0.333. The van der Waals surface area contributed by atoms with Gasteiger partial charge >= 0.3 is 0 Å². The molecule has 2 aromatic carbocycles. The van der Waals surface area contributed by atoms with Crippen molar-refractivity contribution in [3.05, 3.63) is 64.7 Å². The van der Waals surface area contributed by atoms with Crippen LogP contribution in [0.15, 0.2) is 42.5 Å². The Labute approximate surface area is 120 Å². The molecule has 2 aromatic rings. The minimum atomic E-state index is -0.567. The highest BCUT2D eigenvalue weighted by Crippen LogP contribution is 2.32. The average Bonchev–Trinajstić information content (AvgIpc) is 2.85. The van der Waals surface area contributed by atoms with Crippen molar-refractivity contribution in [2.75, 3.05) is 0 Å². The molecule has 20 heavy (non-hydrogen) atoms. The van der Waals surface area contributed by atoms with E-state index >= 15 is 0 Å². The number of aliphatic hydroxyl groups is 1. The fourth-order valence-electron chi connectivity index (χ4n) is 2.74. The van der Waals surface area contributed by atoms with Gasteiger partial charge in [0.15, 0.2) is 0 Å². The molecule has 0 radical (unpaired) electrons. The topological polar surface area (TPSA) is 29.5 Å². The van der Waals surface area contributed by atoms with Gasteiger partial charge in [-0.2, -0.15) is 0 Å². The van der Waals surface area contributed by atoms with Crippen LogP contribution >= 0.6 is 0 Å². The zero-order valence-corrected chi connectivity index (χ0v) is 12.0. The first kappa shape index (κ1) is 13.2. The van der Waals surface area contributed by atoms with Gasteiger partial charge in [-0.25, -0.2) is 0 Å². The summed E-state index contributed by atoms with van der Waals surface area (Å²) in [6.07, 6.45) is 1.61. The molecule has 2 atom stereocenters. The molecule has 0 aliphatic carbocycles. The molecule has 1 N–H and O–H groups in total. The molecular formula is C18H20O2. The van der Waals surface area contributed by atoms with Crippen LogP contribution in [0.5, 0.6) is 5.75 Å². The Kier molecular flexibility index (Phi) is 3.49. The summed E-state index contributed by atoms with van der Waals surface area (Å²) in [5, 5.41) is 10.5. The number of aryl methyl sites for hydroxylation is 1. The van der Waals surface area contributed by atoms with Crippen LogP contribution in [0.2, 0.25) is 0 Å². The molecule has 0 saturated heterocycles. The Morgan fingerprint density at radius 2 is 1.85 bits per heavy atom. The zero-order valence-electron chi connectivity index (χ0n) is 12.0. The van der Waals surface area contributed by atoms with E-state index in [0.717, 1.165) is 29.7 Å². The highest BCUT2D eigenvalue weighted by molar-refractivity contribution is 5.43. The van der Waals surface area contributed by atoms with Gasteiger partial charge in [0.25, 0.3) is 0 Å². The molecule has 0 bridgehead atoms. The van der Waals surface area contributed by atoms with Gasteiger partial charge < -0.3 is 9.84 Å². The summed E-state index contributed by atoms with van der Waals surface area (Å²) in [4.78, 5) is 0. The summed E-state index contributed by atoms with van der Waals surface area (Å²) in [5.41, 5.74) is 4.36. The van der Waals surface area contributed by atoms with Crippen molar-refractivity contribution in [1.29, 1.82) is 0 Å². The van der Waals surface area contributed by atoms with Crippen molar-refractivity contribution in [3.8, 4) is 5.75 Å². The predicted molar refractivity (Wildman–Crippen MR) is 80.1 cm³/mol.